The van der Waals surface area contributed by atoms with Gasteiger partial charge in [-0.2, -0.15) is 0 Å². The monoisotopic (exact) mass is 467 g/mol. The normalized spacial score (nSPS) is 18.6. The van der Waals surface area contributed by atoms with Gasteiger partial charge in [-0.15, -0.1) is 24.0 Å². The van der Waals surface area contributed by atoms with Crippen molar-refractivity contribution in [2.75, 3.05) is 53.4 Å². The second-order valence-corrected chi connectivity index (χ2v) is 8.50. The molecule has 5 nitrogen and oxygen atoms in total. The fraction of sp³-hybridized carbons (Fsp3) is 0.947. The van der Waals surface area contributed by atoms with E-state index in [-0.39, 0.29) is 24.0 Å². The minimum absolute atomic E-state index is 0. The minimum Gasteiger partial charge on any atom is -0.356 e. The summed E-state index contributed by atoms with van der Waals surface area (Å²) in [4.78, 5) is 9.34. The topological polar surface area (TPSA) is 42.9 Å². The van der Waals surface area contributed by atoms with Gasteiger partial charge in [0.15, 0.2) is 5.96 Å². The van der Waals surface area contributed by atoms with E-state index < -0.39 is 0 Å². The van der Waals surface area contributed by atoms with Gasteiger partial charge < -0.3 is 20.4 Å². The van der Waals surface area contributed by atoms with Crippen LogP contribution in [0, 0.1) is 5.41 Å². The van der Waals surface area contributed by atoms with Crippen LogP contribution in [-0.4, -0.2) is 75.2 Å². The van der Waals surface area contributed by atoms with Gasteiger partial charge in [-0.25, -0.2) is 0 Å². The summed E-state index contributed by atoms with van der Waals surface area (Å²) in [6.07, 6.45) is 4.85. The van der Waals surface area contributed by atoms with Crippen molar-refractivity contribution in [2.45, 2.75) is 59.4 Å². The maximum atomic E-state index is 4.35. The average molecular weight is 467 g/mol. The number of unbranched alkanes of at least 4 members (excludes halogenated alkanes) is 1. The van der Waals surface area contributed by atoms with Gasteiger partial charge in [0.1, 0.15) is 0 Å². The van der Waals surface area contributed by atoms with Gasteiger partial charge in [0.05, 0.1) is 0 Å². The van der Waals surface area contributed by atoms with E-state index in [1.54, 1.807) is 0 Å². The molecule has 2 N–H and O–H groups in total. The molecule has 0 aromatic carbocycles. The lowest BCUT2D eigenvalue weighted by atomic mass is 9.89. The van der Waals surface area contributed by atoms with Crippen LogP contribution in [0.3, 0.4) is 0 Å². The molecular formula is C19H42IN5. The molecule has 1 fully saturated rings. The van der Waals surface area contributed by atoms with Gasteiger partial charge in [0.25, 0.3) is 0 Å². The van der Waals surface area contributed by atoms with Gasteiger partial charge in [-0.3, -0.25) is 4.99 Å². The summed E-state index contributed by atoms with van der Waals surface area (Å²) in [5, 5.41) is 6.96. The Labute approximate surface area is 173 Å². The number of piperazine rings is 1. The number of likely N-dealkylation sites (N-methyl/N-ethyl adjacent to an activating group) is 1. The molecule has 0 aliphatic carbocycles. The highest BCUT2D eigenvalue weighted by Gasteiger charge is 2.14. The Balaban J connectivity index is 0.00000576. The highest BCUT2D eigenvalue weighted by molar-refractivity contribution is 14.0. The number of nitrogens with zero attached hydrogens (tertiary/aromatic N) is 3. The second kappa shape index (κ2) is 13.1. The third-order valence-corrected chi connectivity index (χ3v) is 4.72. The van der Waals surface area contributed by atoms with Crippen molar-refractivity contribution in [1.82, 2.24) is 20.4 Å². The molecule has 0 spiro atoms. The molecule has 1 heterocycles. The standard InChI is InChI=1S/C19H41N5.HI/c1-17(9-10-19(2,3)4)22-18(20-5)21-11-7-8-12-24-15-13-23(6)14-16-24;/h17H,7-16H2,1-6H3,(H2,20,21,22);1H. The first-order valence-electron chi connectivity index (χ1n) is 9.68. The number of hydrogen-bond donors (Lipinski definition) is 2. The van der Waals surface area contributed by atoms with Crippen LogP contribution in [0.5, 0.6) is 0 Å². The van der Waals surface area contributed by atoms with Crippen molar-refractivity contribution in [3.63, 3.8) is 0 Å². The quantitative estimate of drug-likeness (QED) is 0.249. The molecule has 1 atom stereocenters. The van der Waals surface area contributed by atoms with Crippen LogP contribution in [0.1, 0.15) is 53.4 Å². The van der Waals surface area contributed by atoms with E-state index in [1.165, 1.54) is 58.4 Å². The molecule has 0 saturated carbocycles. The predicted octanol–water partition coefficient (Wildman–Crippen LogP) is 3.01. The van der Waals surface area contributed by atoms with Crippen LogP contribution in [-0.2, 0) is 0 Å². The van der Waals surface area contributed by atoms with E-state index in [0.717, 1.165) is 12.5 Å². The van der Waals surface area contributed by atoms with E-state index in [4.69, 9.17) is 0 Å². The molecular weight excluding hydrogens is 425 g/mol. The highest BCUT2D eigenvalue weighted by atomic mass is 127. The Bertz CT molecular complexity index is 359. The third kappa shape index (κ3) is 12.8. The fourth-order valence-corrected chi connectivity index (χ4v) is 2.89. The zero-order valence-corrected chi connectivity index (χ0v) is 19.7. The van der Waals surface area contributed by atoms with E-state index in [1.807, 2.05) is 7.05 Å². The molecule has 0 bridgehead atoms. The molecule has 1 rings (SSSR count). The first-order valence-corrected chi connectivity index (χ1v) is 9.68. The summed E-state index contributed by atoms with van der Waals surface area (Å²) in [6.45, 7) is 16.2. The summed E-state index contributed by atoms with van der Waals surface area (Å²) in [5.74, 6) is 0.941. The molecule has 25 heavy (non-hydrogen) atoms. The second-order valence-electron chi connectivity index (χ2n) is 8.50. The zero-order valence-electron chi connectivity index (χ0n) is 17.4. The molecule has 150 valence electrons. The van der Waals surface area contributed by atoms with Crippen LogP contribution in [0.4, 0.5) is 0 Å². The number of aliphatic imine (C=N–C) groups is 1. The lowest BCUT2D eigenvalue weighted by Gasteiger charge is -2.32. The van der Waals surface area contributed by atoms with Crippen molar-refractivity contribution in [1.29, 1.82) is 0 Å². The molecule has 1 unspecified atom stereocenters. The van der Waals surface area contributed by atoms with E-state index in [0.29, 0.717) is 11.5 Å². The number of halogens is 1. The molecule has 1 aliphatic rings. The SMILES string of the molecule is CN=C(NCCCCN1CCN(C)CC1)NC(C)CCC(C)(C)C.I. The summed E-state index contributed by atoms with van der Waals surface area (Å²) in [7, 11) is 4.07. The smallest absolute Gasteiger partial charge is 0.191 e. The van der Waals surface area contributed by atoms with Crippen LogP contribution < -0.4 is 10.6 Å². The molecule has 0 aromatic heterocycles. The van der Waals surface area contributed by atoms with Crippen LogP contribution >= 0.6 is 24.0 Å². The van der Waals surface area contributed by atoms with Crippen LogP contribution in [0.2, 0.25) is 0 Å². The van der Waals surface area contributed by atoms with Crippen molar-refractivity contribution in [3.8, 4) is 0 Å². The van der Waals surface area contributed by atoms with Gasteiger partial charge in [0, 0.05) is 45.8 Å². The lowest BCUT2D eigenvalue weighted by Crippen LogP contribution is -2.45. The van der Waals surface area contributed by atoms with Gasteiger partial charge >= 0.3 is 0 Å². The van der Waals surface area contributed by atoms with E-state index in [9.17, 15) is 0 Å². The van der Waals surface area contributed by atoms with E-state index in [2.05, 4.69) is 60.2 Å². The van der Waals surface area contributed by atoms with Gasteiger partial charge in [-0.05, 0) is 51.6 Å². The lowest BCUT2D eigenvalue weighted by molar-refractivity contribution is 0.152. The van der Waals surface area contributed by atoms with Crippen LogP contribution in [0.25, 0.3) is 0 Å². The molecule has 6 heteroatoms. The maximum Gasteiger partial charge on any atom is 0.191 e. The highest BCUT2D eigenvalue weighted by Crippen LogP contribution is 2.21. The summed E-state index contributed by atoms with van der Waals surface area (Å²) in [6, 6.07) is 0.459. The van der Waals surface area contributed by atoms with E-state index >= 15 is 0 Å². The molecule has 0 radical (unpaired) electrons. The summed E-state index contributed by atoms with van der Waals surface area (Å²) in [5.41, 5.74) is 0.399. The Hall–Kier alpha value is -0.0800. The minimum atomic E-state index is 0. The molecule has 0 amide bonds. The first kappa shape index (κ1) is 24.9. The summed E-state index contributed by atoms with van der Waals surface area (Å²) < 4.78 is 0. The fourth-order valence-electron chi connectivity index (χ4n) is 2.89. The predicted molar refractivity (Wildman–Crippen MR) is 121 cm³/mol. The first-order chi connectivity index (χ1) is 11.3. The summed E-state index contributed by atoms with van der Waals surface area (Å²) >= 11 is 0. The molecule has 1 aliphatic heterocycles. The Morgan fingerprint density at radius 1 is 1.12 bits per heavy atom. The number of rotatable bonds is 8. The van der Waals surface area contributed by atoms with Crippen molar-refractivity contribution in [3.05, 3.63) is 0 Å². The maximum absolute atomic E-state index is 4.35. The Morgan fingerprint density at radius 3 is 2.32 bits per heavy atom. The van der Waals surface area contributed by atoms with Crippen molar-refractivity contribution >= 4 is 29.9 Å². The van der Waals surface area contributed by atoms with Crippen molar-refractivity contribution in [2.24, 2.45) is 10.4 Å². The number of hydrogen-bond acceptors (Lipinski definition) is 3. The molecule has 1 saturated heterocycles. The van der Waals surface area contributed by atoms with Crippen molar-refractivity contribution < 1.29 is 0 Å². The van der Waals surface area contributed by atoms with Crippen LogP contribution in [0.15, 0.2) is 4.99 Å². The number of nitrogens with one attached hydrogen (secondary N) is 2. The Morgan fingerprint density at radius 2 is 1.76 bits per heavy atom. The Kier molecular flexibility index (Phi) is 13.1. The van der Waals surface area contributed by atoms with Gasteiger partial charge in [-0.1, -0.05) is 20.8 Å². The van der Waals surface area contributed by atoms with Gasteiger partial charge in [0.2, 0.25) is 0 Å². The average Bonchev–Trinajstić information content (AvgIpc) is 2.52. The third-order valence-electron chi connectivity index (χ3n) is 4.72. The molecule has 0 aromatic rings. The number of guanidine groups is 1. The largest absolute Gasteiger partial charge is 0.356 e. The zero-order chi connectivity index (χ0) is 18.0.